The van der Waals surface area contributed by atoms with Crippen LogP contribution in [0.25, 0.3) is 0 Å². The minimum absolute atomic E-state index is 0.104. The minimum Gasteiger partial charge on any atom is -0.391 e. The Morgan fingerprint density at radius 2 is 2.17 bits per heavy atom. The Kier molecular flexibility index (Phi) is 4.72. The number of aliphatic hydroxyl groups is 1. The lowest BCUT2D eigenvalue weighted by Crippen LogP contribution is -2.23. The monoisotopic (exact) mass is 252 g/mol. The highest BCUT2D eigenvalue weighted by Gasteiger charge is 2.24. The molecule has 0 radical (unpaired) electrons. The van der Waals surface area contributed by atoms with Crippen molar-refractivity contribution in [2.24, 2.45) is 0 Å². The standard InChI is InChI=1S/C13H24N4O/c1-10(2)14-8-11-9-17(16-15-11)12-6-4-3-5-7-13(12)18/h9-10,12-14,18H,3-8H2,1-2H3. The summed E-state index contributed by atoms with van der Waals surface area (Å²) in [6.07, 6.45) is 7.07. The summed E-state index contributed by atoms with van der Waals surface area (Å²) in [7, 11) is 0. The lowest BCUT2D eigenvalue weighted by Gasteiger charge is -2.19. The van der Waals surface area contributed by atoms with Crippen molar-refractivity contribution >= 4 is 0 Å². The molecule has 5 nitrogen and oxygen atoms in total. The quantitative estimate of drug-likeness (QED) is 0.800. The van der Waals surface area contributed by atoms with E-state index in [2.05, 4.69) is 29.5 Å². The summed E-state index contributed by atoms with van der Waals surface area (Å²) in [5.41, 5.74) is 0.945. The maximum Gasteiger partial charge on any atom is 0.0965 e. The second-order valence-corrected chi connectivity index (χ2v) is 5.50. The summed E-state index contributed by atoms with van der Waals surface area (Å²) in [5.74, 6) is 0. The SMILES string of the molecule is CC(C)NCc1cn(C2CCCCCC2O)nn1. The van der Waals surface area contributed by atoms with Crippen molar-refractivity contribution < 1.29 is 5.11 Å². The number of aromatic nitrogens is 3. The van der Waals surface area contributed by atoms with E-state index in [9.17, 15) is 5.11 Å². The van der Waals surface area contributed by atoms with E-state index in [-0.39, 0.29) is 12.1 Å². The Hall–Kier alpha value is -0.940. The van der Waals surface area contributed by atoms with Crippen molar-refractivity contribution in [2.45, 2.75) is 70.7 Å². The summed E-state index contributed by atoms with van der Waals surface area (Å²) >= 11 is 0. The lowest BCUT2D eigenvalue weighted by atomic mass is 10.1. The summed E-state index contributed by atoms with van der Waals surface area (Å²) in [4.78, 5) is 0. The Morgan fingerprint density at radius 3 is 2.94 bits per heavy atom. The van der Waals surface area contributed by atoms with Gasteiger partial charge in [-0.3, -0.25) is 0 Å². The number of nitrogens with one attached hydrogen (secondary N) is 1. The topological polar surface area (TPSA) is 63.0 Å². The molecule has 2 unspecified atom stereocenters. The van der Waals surface area contributed by atoms with E-state index in [1.807, 2.05) is 10.9 Å². The van der Waals surface area contributed by atoms with Gasteiger partial charge in [-0.25, -0.2) is 4.68 Å². The van der Waals surface area contributed by atoms with Gasteiger partial charge < -0.3 is 10.4 Å². The van der Waals surface area contributed by atoms with Crippen LogP contribution >= 0.6 is 0 Å². The number of nitrogens with zero attached hydrogens (tertiary/aromatic N) is 3. The maximum atomic E-state index is 10.1. The van der Waals surface area contributed by atoms with Crippen molar-refractivity contribution in [3.8, 4) is 0 Å². The molecule has 1 saturated carbocycles. The molecule has 0 saturated heterocycles. The third kappa shape index (κ3) is 3.53. The van der Waals surface area contributed by atoms with Gasteiger partial charge in [0.15, 0.2) is 0 Å². The van der Waals surface area contributed by atoms with Crippen LogP contribution in [-0.4, -0.2) is 32.2 Å². The molecule has 0 aromatic carbocycles. The molecule has 5 heteroatoms. The van der Waals surface area contributed by atoms with E-state index in [0.717, 1.165) is 31.5 Å². The first kappa shape index (κ1) is 13.5. The predicted molar refractivity (Wildman–Crippen MR) is 70.1 cm³/mol. The Labute approximate surface area is 109 Å². The van der Waals surface area contributed by atoms with Crippen LogP contribution in [0.1, 0.15) is 57.7 Å². The molecule has 2 rings (SSSR count). The van der Waals surface area contributed by atoms with Gasteiger partial charge in [-0.1, -0.05) is 38.3 Å². The predicted octanol–water partition coefficient (Wildman–Crippen LogP) is 1.64. The molecule has 2 N–H and O–H groups in total. The molecule has 1 aliphatic rings. The second kappa shape index (κ2) is 6.29. The molecule has 1 aromatic heterocycles. The number of hydrogen-bond acceptors (Lipinski definition) is 4. The van der Waals surface area contributed by atoms with Crippen molar-refractivity contribution in [3.05, 3.63) is 11.9 Å². The number of rotatable bonds is 4. The zero-order valence-electron chi connectivity index (χ0n) is 11.3. The Balaban J connectivity index is 1.99. The molecule has 0 bridgehead atoms. The summed E-state index contributed by atoms with van der Waals surface area (Å²) in [6, 6.07) is 0.548. The molecule has 1 aromatic rings. The summed E-state index contributed by atoms with van der Waals surface area (Å²) in [6.45, 7) is 4.96. The highest BCUT2D eigenvalue weighted by Crippen LogP contribution is 2.26. The van der Waals surface area contributed by atoms with Gasteiger partial charge in [0.1, 0.15) is 0 Å². The number of aliphatic hydroxyl groups excluding tert-OH is 1. The molecule has 1 heterocycles. The van der Waals surface area contributed by atoms with Gasteiger partial charge in [0.05, 0.1) is 24.0 Å². The molecule has 18 heavy (non-hydrogen) atoms. The molecule has 0 spiro atoms. The molecule has 0 amide bonds. The van der Waals surface area contributed by atoms with Crippen LogP contribution in [0.4, 0.5) is 0 Å². The van der Waals surface area contributed by atoms with Crippen molar-refractivity contribution in [1.82, 2.24) is 20.3 Å². The summed E-state index contributed by atoms with van der Waals surface area (Å²) in [5, 5.41) is 21.8. The lowest BCUT2D eigenvalue weighted by molar-refractivity contribution is 0.0980. The third-order valence-corrected chi connectivity index (χ3v) is 3.53. The normalized spacial score (nSPS) is 25.3. The minimum atomic E-state index is -0.278. The molecule has 0 aliphatic heterocycles. The smallest absolute Gasteiger partial charge is 0.0965 e. The fourth-order valence-electron chi connectivity index (χ4n) is 2.44. The van der Waals surface area contributed by atoms with E-state index in [1.54, 1.807) is 0 Å². The van der Waals surface area contributed by atoms with Gasteiger partial charge in [0.25, 0.3) is 0 Å². The second-order valence-electron chi connectivity index (χ2n) is 5.50. The van der Waals surface area contributed by atoms with Crippen LogP contribution in [0.15, 0.2) is 6.20 Å². The van der Waals surface area contributed by atoms with Gasteiger partial charge in [-0.05, 0) is 12.8 Å². The average molecular weight is 252 g/mol. The zero-order chi connectivity index (χ0) is 13.0. The van der Waals surface area contributed by atoms with Crippen molar-refractivity contribution in [2.75, 3.05) is 0 Å². The fraction of sp³-hybridized carbons (Fsp3) is 0.846. The Morgan fingerprint density at radius 1 is 1.39 bits per heavy atom. The molecule has 1 aliphatic carbocycles. The number of hydrogen-bond donors (Lipinski definition) is 2. The van der Waals surface area contributed by atoms with Crippen molar-refractivity contribution in [3.63, 3.8) is 0 Å². The summed E-state index contributed by atoms with van der Waals surface area (Å²) < 4.78 is 1.85. The van der Waals surface area contributed by atoms with E-state index in [1.165, 1.54) is 12.8 Å². The van der Waals surface area contributed by atoms with Gasteiger partial charge >= 0.3 is 0 Å². The van der Waals surface area contributed by atoms with Crippen LogP contribution in [0.3, 0.4) is 0 Å². The van der Waals surface area contributed by atoms with E-state index in [4.69, 9.17) is 0 Å². The van der Waals surface area contributed by atoms with Gasteiger partial charge in [-0.15, -0.1) is 5.10 Å². The zero-order valence-corrected chi connectivity index (χ0v) is 11.3. The van der Waals surface area contributed by atoms with Gasteiger partial charge in [-0.2, -0.15) is 0 Å². The average Bonchev–Trinajstić information content (AvgIpc) is 2.69. The van der Waals surface area contributed by atoms with Crippen LogP contribution in [0, 0.1) is 0 Å². The van der Waals surface area contributed by atoms with Crippen LogP contribution < -0.4 is 5.32 Å². The third-order valence-electron chi connectivity index (χ3n) is 3.53. The molecule has 2 atom stereocenters. The highest BCUT2D eigenvalue weighted by atomic mass is 16.3. The molecule has 102 valence electrons. The van der Waals surface area contributed by atoms with Gasteiger partial charge in [0, 0.05) is 12.6 Å². The highest BCUT2D eigenvalue weighted by molar-refractivity contribution is 4.94. The van der Waals surface area contributed by atoms with Gasteiger partial charge in [0.2, 0.25) is 0 Å². The van der Waals surface area contributed by atoms with Crippen LogP contribution in [-0.2, 0) is 6.54 Å². The maximum absolute atomic E-state index is 10.1. The fourth-order valence-corrected chi connectivity index (χ4v) is 2.44. The molecular weight excluding hydrogens is 228 g/mol. The first-order valence-corrected chi connectivity index (χ1v) is 6.99. The molecule has 1 fully saturated rings. The van der Waals surface area contributed by atoms with Crippen molar-refractivity contribution in [1.29, 1.82) is 0 Å². The Bertz CT molecular complexity index is 364. The first-order chi connectivity index (χ1) is 8.66. The first-order valence-electron chi connectivity index (χ1n) is 6.99. The van der Waals surface area contributed by atoms with E-state index >= 15 is 0 Å². The largest absolute Gasteiger partial charge is 0.391 e. The van der Waals surface area contributed by atoms with E-state index < -0.39 is 0 Å². The van der Waals surface area contributed by atoms with Crippen LogP contribution in [0.5, 0.6) is 0 Å². The molecular formula is C13H24N4O. The van der Waals surface area contributed by atoms with E-state index in [0.29, 0.717) is 6.04 Å². The van der Waals surface area contributed by atoms with Crippen LogP contribution in [0.2, 0.25) is 0 Å².